The number of likely N-dealkylation sites (N-methyl/N-ethyl adjacent to an activating group) is 1. The average Bonchev–Trinajstić information content (AvgIpc) is 2.49. The maximum atomic E-state index is 5.94. The molecule has 0 aliphatic carbocycles. The monoisotopic (exact) mass is 333 g/mol. The van der Waals surface area contributed by atoms with Crippen molar-refractivity contribution in [3.8, 4) is 0 Å². The quantitative estimate of drug-likeness (QED) is 0.883. The van der Waals surface area contributed by atoms with Crippen LogP contribution in [0, 0.1) is 0 Å². The largest absolute Gasteiger partial charge is 0.329 e. The Bertz CT molecular complexity index is 513. The molecule has 0 bridgehead atoms. The van der Waals surface area contributed by atoms with Crippen molar-refractivity contribution in [3.63, 3.8) is 0 Å². The first-order chi connectivity index (χ1) is 9.70. The van der Waals surface area contributed by atoms with E-state index in [9.17, 15) is 0 Å². The summed E-state index contributed by atoms with van der Waals surface area (Å²) in [7, 11) is 2.11. The smallest absolute Gasteiger partial charge is 0.0467 e. The molecule has 0 amide bonds. The lowest BCUT2D eigenvalue weighted by Crippen LogP contribution is -2.32. The molecule has 0 saturated heterocycles. The van der Waals surface area contributed by atoms with Crippen LogP contribution in [0.4, 0.5) is 0 Å². The van der Waals surface area contributed by atoms with Gasteiger partial charge in [0, 0.05) is 41.9 Å². The number of aromatic nitrogens is 1. The topological polar surface area (TPSA) is 42.2 Å². The fourth-order valence-electron chi connectivity index (χ4n) is 2.25. The minimum absolute atomic E-state index is 0.242. The van der Waals surface area contributed by atoms with Crippen LogP contribution in [0.3, 0.4) is 0 Å². The van der Waals surface area contributed by atoms with Gasteiger partial charge in [-0.25, -0.2) is 0 Å². The number of pyridine rings is 1. The molecule has 1 aromatic carbocycles. The van der Waals surface area contributed by atoms with Gasteiger partial charge in [-0.15, -0.1) is 0 Å². The molecule has 2 aromatic rings. The van der Waals surface area contributed by atoms with Crippen molar-refractivity contribution in [1.29, 1.82) is 0 Å². The minimum atomic E-state index is 0.242. The molecule has 1 unspecified atom stereocenters. The normalized spacial score (nSPS) is 12.6. The van der Waals surface area contributed by atoms with Crippen molar-refractivity contribution < 1.29 is 0 Å². The van der Waals surface area contributed by atoms with Gasteiger partial charge in [-0.05, 0) is 36.9 Å². The number of nitrogens with two attached hydrogens (primary N) is 1. The zero-order chi connectivity index (χ0) is 14.4. The van der Waals surface area contributed by atoms with Crippen molar-refractivity contribution in [1.82, 2.24) is 9.88 Å². The first kappa shape index (κ1) is 15.2. The summed E-state index contributed by atoms with van der Waals surface area (Å²) >= 11 is 3.46. The van der Waals surface area contributed by atoms with Crippen LogP contribution in [0.15, 0.2) is 53.1 Å². The van der Waals surface area contributed by atoms with Gasteiger partial charge in [0.25, 0.3) is 0 Å². The molecule has 1 aromatic heterocycles. The van der Waals surface area contributed by atoms with E-state index in [1.165, 1.54) is 5.56 Å². The molecule has 2 rings (SSSR count). The molecule has 3 nitrogen and oxygen atoms in total. The van der Waals surface area contributed by atoms with Crippen molar-refractivity contribution in [2.24, 2.45) is 5.73 Å². The summed E-state index contributed by atoms with van der Waals surface area (Å²) < 4.78 is 1.09. The highest BCUT2D eigenvalue weighted by Crippen LogP contribution is 2.20. The zero-order valence-electron chi connectivity index (χ0n) is 11.7. The van der Waals surface area contributed by atoms with Crippen molar-refractivity contribution in [3.05, 3.63) is 64.4 Å². The second-order valence-electron chi connectivity index (χ2n) is 4.85. The summed E-state index contributed by atoms with van der Waals surface area (Å²) in [5.41, 5.74) is 8.31. The molecule has 0 fully saturated rings. The predicted molar refractivity (Wildman–Crippen MR) is 86.5 cm³/mol. The highest BCUT2D eigenvalue weighted by molar-refractivity contribution is 9.10. The molecule has 1 heterocycles. The Kier molecular flexibility index (Phi) is 5.71. The minimum Gasteiger partial charge on any atom is -0.329 e. The lowest BCUT2D eigenvalue weighted by atomic mass is 10.1. The van der Waals surface area contributed by atoms with Crippen LogP contribution in [0.2, 0.25) is 0 Å². The Morgan fingerprint density at radius 1 is 1.20 bits per heavy atom. The molecule has 0 aliphatic heterocycles. The molecule has 20 heavy (non-hydrogen) atoms. The van der Waals surface area contributed by atoms with E-state index < -0.39 is 0 Å². The van der Waals surface area contributed by atoms with Gasteiger partial charge in [0.2, 0.25) is 0 Å². The van der Waals surface area contributed by atoms with Gasteiger partial charge >= 0.3 is 0 Å². The summed E-state index contributed by atoms with van der Waals surface area (Å²) in [5.74, 6) is 0. The van der Waals surface area contributed by atoms with Gasteiger partial charge < -0.3 is 5.73 Å². The van der Waals surface area contributed by atoms with Crippen LogP contribution < -0.4 is 5.73 Å². The van der Waals surface area contributed by atoms with Crippen LogP contribution in [0.25, 0.3) is 0 Å². The number of hydrogen-bond acceptors (Lipinski definition) is 3. The van der Waals surface area contributed by atoms with E-state index in [-0.39, 0.29) is 6.04 Å². The molecule has 0 saturated carbocycles. The van der Waals surface area contributed by atoms with Crippen molar-refractivity contribution in [2.75, 3.05) is 20.1 Å². The molecule has 4 heteroatoms. The Hall–Kier alpha value is -1.23. The fraction of sp³-hybridized carbons (Fsp3) is 0.312. The van der Waals surface area contributed by atoms with E-state index in [1.54, 1.807) is 0 Å². The second-order valence-corrected chi connectivity index (χ2v) is 5.77. The third-order valence-electron chi connectivity index (χ3n) is 3.46. The van der Waals surface area contributed by atoms with E-state index in [1.807, 2.05) is 18.3 Å². The molecule has 0 aliphatic rings. The Balaban J connectivity index is 1.98. The SMILES string of the molecule is CN(CCc1ccccn1)C(CN)c1ccc(Br)cc1. The zero-order valence-corrected chi connectivity index (χ0v) is 13.3. The van der Waals surface area contributed by atoms with Crippen LogP contribution in [-0.4, -0.2) is 30.0 Å². The number of hydrogen-bond donors (Lipinski definition) is 1. The van der Waals surface area contributed by atoms with E-state index in [0.717, 1.165) is 23.1 Å². The van der Waals surface area contributed by atoms with E-state index in [4.69, 9.17) is 5.73 Å². The molecular formula is C16H20BrN3. The number of benzene rings is 1. The number of rotatable bonds is 6. The van der Waals surface area contributed by atoms with E-state index in [2.05, 4.69) is 63.2 Å². The molecule has 1 atom stereocenters. The van der Waals surface area contributed by atoms with Gasteiger partial charge in [-0.2, -0.15) is 0 Å². The highest BCUT2D eigenvalue weighted by Gasteiger charge is 2.15. The van der Waals surface area contributed by atoms with Crippen LogP contribution in [0.5, 0.6) is 0 Å². The van der Waals surface area contributed by atoms with Gasteiger partial charge in [0.15, 0.2) is 0 Å². The van der Waals surface area contributed by atoms with Gasteiger partial charge in [-0.3, -0.25) is 9.88 Å². The molecular weight excluding hydrogens is 314 g/mol. The van der Waals surface area contributed by atoms with E-state index in [0.29, 0.717) is 6.54 Å². The maximum absolute atomic E-state index is 5.94. The van der Waals surface area contributed by atoms with Crippen LogP contribution in [0.1, 0.15) is 17.3 Å². The second kappa shape index (κ2) is 7.53. The van der Waals surface area contributed by atoms with Crippen LogP contribution in [-0.2, 0) is 6.42 Å². The molecule has 2 N–H and O–H groups in total. The fourth-order valence-corrected chi connectivity index (χ4v) is 2.51. The van der Waals surface area contributed by atoms with E-state index >= 15 is 0 Å². The van der Waals surface area contributed by atoms with Gasteiger partial charge in [-0.1, -0.05) is 34.1 Å². The Morgan fingerprint density at radius 3 is 2.55 bits per heavy atom. The Labute approximate surface area is 129 Å². The van der Waals surface area contributed by atoms with Crippen LogP contribution >= 0.6 is 15.9 Å². The first-order valence-electron chi connectivity index (χ1n) is 6.76. The summed E-state index contributed by atoms with van der Waals surface area (Å²) in [5, 5.41) is 0. The molecule has 106 valence electrons. The highest BCUT2D eigenvalue weighted by atomic mass is 79.9. The van der Waals surface area contributed by atoms with Crippen molar-refractivity contribution in [2.45, 2.75) is 12.5 Å². The maximum Gasteiger partial charge on any atom is 0.0467 e. The summed E-state index contributed by atoms with van der Waals surface area (Å²) in [6.45, 7) is 1.55. The van der Waals surface area contributed by atoms with Gasteiger partial charge in [0.05, 0.1) is 0 Å². The predicted octanol–water partition coefficient (Wildman–Crippen LogP) is 3.02. The summed E-state index contributed by atoms with van der Waals surface area (Å²) in [6, 6.07) is 14.6. The standard InChI is InChI=1S/C16H20BrN3/c1-20(11-9-15-4-2-3-10-19-15)16(12-18)13-5-7-14(17)8-6-13/h2-8,10,16H,9,11-12,18H2,1H3. The summed E-state index contributed by atoms with van der Waals surface area (Å²) in [6.07, 6.45) is 2.77. The molecule has 0 spiro atoms. The number of nitrogens with zero attached hydrogens (tertiary/aromatic N) is 2. The summed E-state index contributed by atoms with van der Waals surface area (Å²) in [4.78, 5) is 6.65. The van der Waals surface area contributed by atoms with Gasteiger partial charge in [0.1, 0.15) is 0 Å². The third kappa shape index (κ3) is 4.13. The van der Waals surface area contributed by atoms with Crippen molar-refractivity contribution >= 4 is 15.9 Å². The lowest BCUT2D eigenvalue weighted by molar-refractivity contribution is 0.252. The first-order valence-corrected chi connectivity index (χ1v) is 7.55. The third-order valence-corrected chi connectivity index (χ3v) is 3.99. The average molecular weight is 334 g/mol. The number of halogens is 1. The Morgan fingerprint density at radius 2 is 1.95 bits per heavy atom. The molecule has 0 radical (unpaired) electrons. The lowest BCUT2D eigenvalue weighted by Gasteiger charge is -2.27.